The average molecular weight is 447 g/mol. The van der Waals surface area contributed by atoms with Crippen LogP contribution in [0.4, 0.5) is 5.69 Å². The molecule has 0 spiro atoms. The summed E-state index contributed by atoms with van der Waals surface area (Å²) in [5.74, 6) is 0.133. The first kappa shape index (κ1) is 20.6. The fourth-order valence-corrected chi connectivity index (χ4v) is 4.80. The molecule has 0 bridgehead atoms. The van der Waals surface area contributed by atoms with Gasteiger partial charge in [-0.1, -0.05) is 52.9 Å². The number of hydrogen-bond donors (Lipinski definition) is 0. The monoisotopic (exact) mass is 446 g/mol. The van der Waals surface area contributed by atoms with Gasteiger partial charge < -0.3 is 4.90 Å². The van der Waals surface area contributed by atoms with Gasteiger partial charge in [-0.05, 0) is 48.6 Å². The molecule has 0 atom stereocenters. The van der Waals surface area contributed by atoms with Crippen LogP contribution in [0.15, 0.2) is 58.9 Å². The van der Waals surface area contributed by atoms with E-state index in [2.05, 4.69) is 11.2 Å². The minimum absolute atomic E-state index is 0.0781. The third-order valence-electron chi connectivity index (χ3n) is 3.74. The van der Waals surface area contributed by atoms with Crippen LogP contribution < -0.4 is 4.90 Å². The quantitative estimate of drug-likeness (QED) is 0.361. The molecule has 3 aromatic rings. The van der Waals surface area contributed by atoms with E-state index in [4.69, 9.17) is 29.1 Å². The number of anilines is 1. The predicted octanol–water partition coefficient (Wildman–Crippen LogP) is 5.36. The summed E-state index contributed by atoms with van der Waals surface area (Å²) >= 11 is 14.0. The van der Waals surface area contributed by atoms with Crippen molar-refractivity contribution < 1.29 is 4.79 Å². The Morgan fingerprint density at radius 1 is 1.25 bits per heavy atom. The predicted molar refractivity (Wildman–Crippen MR) is 117 cm³/mol. The van der Waals surface area contributed by atoms with Crippen LogP contribution in [0.25, 0.3) is 5.69 Å². The van der Waals surface area contributed by atoms with Crippen LogP contribution in [0.3, 0.4) is 0 Å². The van der Waals surface area contributed by atoms with Crippen molar-refractivity contribution in [2.75, 3.05) is 17.2 Å². The second-order valence-corrected chi connectivity index (χ2v) is 8.88. The Kier molecular flexibility index (Phi) is 7.23. The van der Waals surface area contributed by atoms with Gasteiger partial charge in [-0.2, -0.15) is 5.26 Å². The summed E-state index contributed by atoms with van der Waals surface area (Å²) in [6, 6.07) is 18.7. The third-order valence-corrected chi connectivity index (χ3v) is 6.34. The lowest BCUT2D eigenvalue weighted by molar-refractivity contribution is -0.116. The molecule has 0 saturated heterocycles. The van der Waals surface area contributed by atoms with E-state index in [0.29, 0.717) is 19.9 Å². The Balaban J connectivity index is 1.71. The molecule has 0 aliphatic carbocycles. The summed E-state index contributed by atoms with van der Waals surface area (Å²) in [6.45, 7) is 0.356. The Labute approximate surface area is 181 Å². The molecule has 0 saturated carbocycles. The number of nitriles is 1. The van der Waals surface area contributed by atoms with E-state index >= 15 is 0 Å². The number of nitrogens with zero attached hydrogens (tertiary/aromatic N) is 4. The Bertz CT molecular complexity index is 1040. The number of benzene rings is 2. The van der Waals surface area contributed by atoms with E-state index < -0.39 is 0 Å². The van der Waals surface area contributed by atoms with Crippen LogP contribution in [0.2, 0.25) is 5.02 Å². The lowest BCUT2D eigenvalue weighted by Gasteiger charge is -2.21. The topological polar surface area (TPSA) is 61.9 Å². The van der Waals surface area contributed by atoms with Gasteiger partial charge in [0.05, 0.1) is 23.9 Å². The van der Waals surface area contributed by atoms with Crippen molar-refractivity contribution in [2.45, 2.75) is 10.8 Å². The largest absolute Gasteiger partial charge is 0.311 e. The Hall–Kier alpha value is -2.18. The molecule has 2 aromatic carbocycles. The summed E-state index contributed by atoms with van der Waals surface area (Å²) in [5.41, 5.74) is 1.60. The second kappa shape index (κ2) is 9.85. The molecular formula is C19H15ClN4OS3. The smallest absolute Gasteiger partial charge is 0.237 e. The number of thioether (sulfide) groups is 1. The van der Waals surface area contributed by atoms with Crippen LogP contribution in [-0.4, -0.2) is 28.0 Å². The zero-order chi connectivity index (χ0) is 19.9. The lowest BCUT2D eigenvalue weighted by Crippen LogP contribution is -2.33. The van der Waals surface area contributed by atoms with Crippen LogP contribution in [0, 0.1) is 15.3 Å². The fourth-order valence-electron chi connectivity index (χ4n) is 2.43. The molecule has 0 unspecified atom stereocenters. The van der Waals surface area contributed by atoms with Gasteiger partial charge in [-0.25, -0.2) is 4.68 Å². The third kappa shape index (κ3) is 5.20. The molecule has 0 aliphatic rings. The van der Waals surface area contributed by atoms with Crippen LogP contribution in [0.1, 0.15) is 6.42 Å². The molecule has 0 radical (unpaired) electrons. The van der Waals surface area contributed by atoms with E-state index in [0.717, 1.165) is 11.4 Å². The molecule has 1 amide bonds. The number of aromatic nitrogens is 2. The molecule has 1 heterocycles. The minimum atomic E-state index is -0.0781. The molecule has 9 heteroatoms. The second-order valence-electron chi connectivity index (χ2n) is 5.60. The number of carbonyl (C=O) groups is 1. The van der Waals surface area contributed by atoms with Gasteiger partial charge in [0.1, 0.15) is 0 Å². The normalized spacial score (nSPS) is 10.4. The van der Waals surface area contributed by atoms with Crippen molar-refractivity contribution in [2.24, 2.45) is 0 Å². The zero-order valence-corrected chi connectivity index (χ0v) is 17.8. The highest BCUT2D eigenvalue weighted by Gasteiger charge is 2.17. The molecule has 0 fully saturated rings. The van der Waals surface area contributed by atoms with Gasteiger partial charge in [-0.15, -0.1) is 5.10 Å². The van der Waals surface area contributed by atoms with E-state index in [1.165, 1.54) is 23.1 Å². The number of hydrogen-bond acceptors (Lipinski definition) is 6. The van der Waals surface area contributed by atoms with Crippen LogP contribution >= 0.6 is 46.9 Å². The molecule has 142 valence electrons. The van der Waals surface area contributed by atoms with Gasteiger partial charge in [-0.3, -0.25) is 4.79 Å². The lowest BCUT2D eigenvalue weighted by atomic mass is 10.2. The van der Waals surface area contributed by atoms with E-state index in [9.17, 15) is 4.79 Å². The standard InChI is InChI=1S/C19H15ClN4OS3/c20-14-7-9-16(10-8-14)24-19(26)28-18(22-24)27-13-17(25)23(12-4-11-21)15-5-2-1-3-6-15/h1-3,5-10H,4,12-13H2. The van der Waals surface area contributed by atoms with Gasteiger partial charge in [0, 0.05) is 17.3 Å². The number of carbonyl (C=O) groups excluding carboxylic acids is 1. The highest BCUT2D eigenvalue weighted by Crippen LogP contribution is 2.26. The molecule has 0 N–H and O–H groups in total. The highest BCUT2D eigenvalue weighted by atomic mass is 35.5. The van der Waals surface area contributed by atoms with Gasteiger partial charge in [0.25, 0.3) is 0 Å². The highest BCUT2D eigenvalue weighted by molar-refractivity contribution is 8.01. The summed E-state index contributed by atoms with van der Waals surface area (Å²) in [5, 5.41) is 14.0. The van der Waals surface area contributed by atoms with Gasteiger partial charge >= 0.3 is 0 Å². The Morgan fingerprint density at radius 2 is 1.96 bits per heavy atom. The molecule has 0 aliphatic heterocycles. The first-order chi connectivity index (χ1) is 13.6. The molecule has 28 heavy (non-hydrogen) atoms. The van der Waals surface area contributed by atoms with E-state index in [-0.39, 0.29) is 18.1 Å². The minimum Gasteiger partial charge on any atom is -0.311 e. The number of amides is 1. The average Bonchev–Trinajstić information content (AvgIpc) is 3.08. The number of halogens is 1. The maximum Gasteiger partial charge on any atom is 0.237 e. The first-order valence-corrected chi connectivity index (χ1v) is 10.9. The zero-order valence-electron chi connectivity index (χ0n) is 14.6. The fraction of sp³-hybridized carbons (Fsp3) is 0.158. The van der Waals surface area contributed by atoms with Crippen LogP contribution in [0.5, 0.6) is 0 Å². The molecule has 5 nitrogen and oxygen atoms in total. The van der Waals surface area contributed by atoms with Crippen LogP contribution in [-0.2, 0) is 4.79 Å². The molecule has 3 rings (SSSR count). The summed E-state index contributed by atoms with van der Waals surface area (Å²) in [6.07, 6.45) is 0.273. The van der Waals surface area contributed by atoms with E-state index in [1.807, 2.05) is 42.5 Å². The number of rotatable bonds is 7. The number of para-hydroxylation sites is 1. The van der Waals surface area contributed by atoms with Crippen molar-refractivity contribution in [1.29, 1.82) is 5.26 Å². The van der Waals surface area contributed by atoms with Gasteiger partial charge in [0.2, 0.25) is 5.91 Å². The van der Waals surface area contributed by atoms with Crippen molar-refractivity contribution in [3.63, 3.8) is 0 Å². The SMILES string of the molecule is N#CCCN(C(=O)CSc1nn(-c2ccc(Cl)cc2)c(=S)s1)c1ccccc1. The maximum atomic E-state index is 12.7. The van der Waals surface area contributed by atoms with Crippen molar-refractivity contribution >= 4 is 58.5 Å². The van der Waals surface area contributed by atoms with E-state index in [1.54, 1.807) is 21.7 Å². The van der Waals surface area contributed by atoms with Crippen molar-refractivity contribution in [1.82, 2.24) is 9.78 Å². The van der Waals surface area contributed by atoms with Crippen molar-refractivity contribution in [3.8, 4) is 11.8 Å². The molecule has 1 aromatic heterocycles. The Morgan fingerprint density at radius 3 is 2.64 bits per heavy atom. The van der Waals surface area contributed by atoms with Crippen molar-refractivity contribution in [3.05, 3.63) is 63.6 Å². The molecular weight excluding hydrogens is 432 g/mol. The summed E-state index contributed by atoms with van der Waals surface area (Å²) < 4.78 is 2.97. The summed E-state index contributed by atoms with van der Waals surface area (Å²) in [4.78, 5) is 14.4. The summed E-state index contributed by atoms with van der Waals surface area (Å²) in [7, 11) is 0. The first-order valence-electron chi connectivity index (χ1n) is 8.30. The van der Waals surface area contributed by atoms with Gasteiger partial charge in [0.15, 0.2) is 8.29 Å². The maximum absolute atomic E-state index is 12.7.